The Morgan fingerprint density at radius 3 is 2.68 bits per heavy atom. The largest absolute Gasteiger partial charge is 0.364 e. The molecule has 1 aromatic carbocycles. The van der Waals surface area contributed by atoms with Crippen LogP contribution in [0.25, 0.3) is 5.65 Å². The number of carbonyl (C=O) groups is 3. The normalized spacial score (nSPS) is 10.7. The zero-order chi connectivity index (χ0) is 22.7. The highest BCUT2D eigenvalue weighted by molar-refractivity contribution is 6.00. The molecule has 2 heterocycles. The van der Waals surface area contributed by atoms with E-state index in [1.54, 1.807) is 11.3 Å². The molecule has 10 heteroatoms. The van der Waals surface area contributed by atoms with Gasteiger partial charge in [0.05, 0.1) is 5.69 Å². The minimum absolute atomic E-state index is 0.0607. The van der Waals surface area contributed by atoms with Gasteiger partial charge in [-0.3, -0.25) is 18.8 Å². The fraction of sp³-hybridized carbons (Fsp3) is 0.190. The van der Waals surface area contributed by atoms with Crippen molar-refractivity contribution in [1.82, 2.24) is 14.4 Å². The molecule has 3 rings (SSSR count). The Hall–Kier alpha value is -4.08. The fourth-order valence-electron chi connectivity index (χ4n) is 3.21. The van der Waals surface area contributed by atoms with E-state index in [2.05, 4.69) is 27.2 Å². The first-order valence-corrected chi connectivity index (χ1v) is 9.37. The highest BCUT2D eigenvalue weighted by Gasteiger charge is 2.17. The minimum atomic E-state index is -0.663. The number of benzene rings is 1. The number of fused-ring (bicyclic) bond motifs is 1. The Kier molecular flexibility index (Phi) is 6.10. The zero-order valence-electron chi connectivity index (χ0n) is 17.0. The van der Waals surface area contributed by atoms with Gasteiger partial charge in [0, 0.05) is 23.5 Å². The van der Waals surface area contributed by atoms with Gasteiger partial charge in [-0.25, -0.2) is 14.4 Å². The van der Waals surface area contributed by atoms with Crippen molar-refractivity contribution < 1.29 is 18.8 Å². The summed E-state index contributed by atoms with van der Waals surface area (Å²) >= 11 is 0. The summed E-state index contributed by atoms with van der Waals surface area (Å²) in [6, 6.07) is 3.88. The maximum absolute atomic E-state index is 13.8. The third-order valence-electron chi connectivity index (χ3n) is 4.78. The predicted molar refractivity (Wildman–Crippen MR) is 113 cm³/mol. The predicted octanol–water partition coefficient (Wildman–Crippen LogP) is 2.28. The molecule has 9 nitrogen and oxygen atoms in total. The third kappa shape index (κ3) is 4.58. The van der Waals surface area contributed by atoms with Gasteiger partial charge in [0.1, 0.15) is 12.1 Å². The summed E-state index contributed by atoms with van der Waals surface area (Å²) in [7, 11) is 0. The van der Waals surface area contributed by atoms with Gasteiger partial charge in [0.15, 0.2) is 11.3 Å². The van der Waals surface area contributed by atoms with E-state index in [-0.39, 0.29) is 23.7 Å². The molecule has 0 bridgehead atoms. The molecule has 4 N–H and O–H groups in total. The summed E-state index contributed by atoms with van der Waals surface area (Å²) in [5, 5.41) is 5.02. The first-order valence-electron chi connectivity index (χ1n) is 9.37. The Morgan fingerprint density at radius 1 is 1.26 bits per heavy atom. The van der Waals surface area contributed by atoms with Gasteiger partial charge in [0.2, 0.25) is 11.8 Å². The zero-order valence-corrected chi connectivity index (χ0v) is 17.0. The van der Waals surface area contributed by atoms with Gasteiger partial charge >= 0.3 is 0 Å². The van der Waals surface area contributed by atoms with Crippen molar-refractivity contribution in [2.75, 3.05) is 10.6 Å². The molecule has 3 aromatic rings. The second-order valence-corrected chi connectivity index (χ2v) is 6.85. The molecule has 0 fully saturated rings. The topological polar surface area (TPSA) is 131 Å². The third-order valence-corrected chi connectivity index (χ3v) is 4.78. The highest BCUT2D eigenvalue weighted by Crippen LogP contribution is 2.21. The van der Waals surface area contributed by atoms with Gasteiger partial charge in [-0.15, -0.1) is 0 Å². The van der Waals surface area contributed by atoms with E-state index in [1.165, 1.54) is 18.5 Å². The lowest BCUT2D eigenvalue weighted by atomic mass is 10.1. The lowest BCUT2D eigenvalue weighted by molar-refractivity contribution is -0.116. The second kappa shape index (κ2) is 8.74. The van der Waals surface area contributed by atoms with Crippen LogP contribution in [0.2, 0.25) is 0 Å². The second-order valence-electron chi connectivity index (χ2n) is 6.85. The van der Waals surface area contributed by atoms with Crippen molar-refractivity contribution in [1.29, 1.82) is 0 Å². The van der Waals surface area contributed by atoms with Gasteiger partial charge in [-0.2, -0.15) is 0 Å². The maximum Gasteiger partial charge on any atom is 0.271 e. The lowest BCUT2D eigenvalue weighted by Gasteiger charge is -2.12. The monoisotopic (exact) mass is 424 g/mol. The smallest absolute Gasteiger partial charge is 0.271 e. The van der Waals surface area contributed by atoms with Gasteiger partial charge in [0.25, 0.3) is 5.91 Å². The number of amides is 3. The number of primary amides is 1. The number of rotatable bonds is 7. The molecule has 0 radical (unpaired) electrons. The van der Waals surface area contributed by atoms with Crippen molar-refractivity contribution in [3.8, 4) is 0 Å². The van der Waals surface area contributed by atoms with Crippen molar-refractivity contribution in [2.45, 2.75) is 26.7 Å². The fourth-order valence-corrected chi connectivity index (χ4v) is 3.21. The number of imidazole rings is 1. The van der Waals surface area contributed by atoms with Crippen LogP contribution in [0.3, 0.4) is 0 Å². The number of carbonyl (C=O) groups excluding carboxylic acids is 3. The Balaban J connectivity index is 1.73. The number of hydrogen-bond acceptors (Lipinski definition) is 5. The average molecular weight is 424 g/mol. The van der Waals surface area contributed by atoms with Crippen molar-refractivity contribution in [2.24, 2.45) is 5.73 Å². The molecule has 0 saturated carbocycles. The minimum Gasteiger partial charge on any atom is -0.364 e. The van der Waals surface area contributed by atoms with E-state index in [1.807, 2.05) is 6.92 Å². The molecule has 31 heavy (non-hydrogen) atoms. The van der Waals surface area contributed by atoms with Crippen LogP contribution in [0.4, 0.5) is 15.8 Å². The molecular weight excluding hydrogens is 403 g/mol. The molecule has 3 amide bonds. The Labute approximate surface area is 177 Å². The van der Waals surface area contributed by atoms with Crippen molar-refractivity contribution in [3.63, 3.8) is 0 Å². The summed E-state index contributed by atoms with van der Waals surface area (Å²) in [4.78, 5) is 43.8. The number of halogens is 1. The maximum atomic E-state index is 13.8. The first kappa shape index (κ1) is 21.6. The molecule has 0 spiro atoms. The van der Waals surface area contributed by atoms with Gasteiger partial charge in [-0.1, -0.05) is 6.58 Å². The number of hydrogen-bond donors (Lipinski definition) is 3. The molecule has 0 aliphatic heterocycles. The average Bonchev–Trinajstić information content (AvgIpc) is 3.14. The molecule has 0 aliphatic rings. The summed E-state index contributed by atoms with van der Waals surface area (Å²) in [5.74, 6) is -2.15. The first-order chi connectivity index (χ1) is 14.7. The van der Waals surface area contributed by atoms with E-state index in [0.717, 1.165) is 23.4 Å². The number of nitrogens with zero attached hydrogens (tertiary/aromatic N) is 3. The number of aryl methyl sites for hydroxylation is 2. The summed E-state index contributed by atoms with van der Waals surface area (Å²) in [6.45, 7) is 6.94. The van der Waals surface area contributed by atoms with Crippen LogP contribution < -0.4 is 16.4 Å². The Bertz CT molecular complexity index is 1220. The molecular formula is C21H21FN6O3. The molecule has 0 aliphatic carbocycles. The van der Waals surface area contributed by atoms with Crippen LogP contribution in [-0.2, 0) is 16.0 Å². The molecule has 0 unspecified atom stereocenters. The summed E-state index contributed by atoms with van der Waals surface area (Å²) < 4.78 is 15.5. The lowest BCUT2D eigenvalue weighted by Crippen LogP contribution is -2.16. The van der Waals surface area contributed by atoms with E-state index < -0.39 is 17.6 Å². The van der Waals surface area contributed by atoms with Crippen LogP contribution >= 0.6 is 0 Å². The van der Waals surface area contributed by atoms with Gasteiger partial charge in [-0.05, 0) is 50.1 Å². The summed E-state index contributed by atoms with van der Waals surface area (Å²) in [6.07, 6.45) is 3.01. The molecule has 0 saturated heterocycles. The number of nitrogens with one attached hydrogen (secondary N) is 2. The van der Waals surface area contributed by atoms with Crippen LogP contribution in [0.15, 0.2) is 37.2 Å². The molecule has 2 aromatic heterocycles. The number of nitrogens with two attached hydrogens (primary N) is 1. The molecule has 160 valence electrons. The summed E-state index contributed by atoms with van der Waals surface area (Å²) in [5.41, 5.74) is 8.37. The SMILES string of the molecule is C=CC(=O)Nc1cc(NC(=O)CCc2c(C)nc3c(C(N)=O)ncn3c2C)ccc1F. The number of anilines is 2. The quantitative estimate of drug-likeness (QED) is 0.501. The van der Waals surface area contributed by atoms with Crippen molar-refractivity contribution >= 4 is 34.7 Å². The van der Waals surface area contributed by atoms with E-state index in [9.17, 15) is 18.8 Å². The van der Waals surface area contributed by atoms with Crippen LogP contribution in [0.5, 0.6) is 0 Å². The van der Waals surface area contributed by atoms with Crippen LogP contribution in [0, 0.1) is 19.7 Å². The van der Waals surface area contributed by atoms with Crippen molar-refractivity contribution in [3.05, 3.63) is 65.6 Å². The highest BCUT2D eigenvalue weighted by atomic mass is 19.1. The van der Waals surface area contributed by atoms with E-state index in [4.69, 9.17) is 5.73 Å². The van der Waals surface area contributed by atoms with Gasteiger partial charge < -0.3 is 16.4 Å². The number of aromatic nitrogens is 3. The van der Waals surface area contributed by atoms with Crippen LogP contribution in [0.1, 0.15) is 33.9 Å². The standard InChI is InChI=1S/C21H21FN6O3/c1-4-17(29)27-16-9-13(5-7-15(16)22)26-18(30)8-6-14-11(2)25-21-19(20(23)31)24-10-28(21)12(14)3/h4-5,7,9-10H,1,6,8H2,2-3H3,(H2,23,31)(H,26,30)(H,27,29). The molecule has 0 atom stereocenters. The van der Waals surface area contributed by atoms with Crippen LogP contribution in [-0.4, -0.2) is 32.1 Å². The van der Waals surface area contributed by atoms with E-state index >= 15 is 0 Å². The van der Waals surface area contributed by atoms with E-state index in [0.29, 0.717) is 23.4 Å². The Morgan fingerprint density at radius 2 is 2.00 bits per heavy atom.